The molecule has 0 fully saturated rings. The summed E-state index contributed by atoms with van der Waals surface area (Å²) in [5, 5.41) is 14.3. The van der Waals surface area contributed by atoms with Crippen molar-refractivity contribution in [1.29, 1.82) is 0 Å². The molecule has 20 heavy (non-hydrogen) atoms. The van der Waals surface area contributed by atoms with E-state index in [2.05, 4.69) is 19.2 Å². The highest BCUT2D eigenvalue weighted by molar-refractivity contribution is 5.58. The summed E-state index contributed by atoms with van der Waals surface area (Å²) in [5.41, 5.74) is 0.876. The minimum atomic E-state index is -0.427. The van der Waals surface area contributed by atoms with Gasteiger partial charge in [-0.2, -0.15) is 0 Å². The molecular weight excluding hydrogens is 256 g/mol. The zero-order chi connectivity index (χ0) is 15.0. The molecule has 1 N–H and O–H groups in total. The topological polar surface area (TPSA) is 64.4 Å². The first kappa shape index (κ1) is 16.3. The lowest BCUT2D eigenvalue weighted by molar-refractivity contribution is -0.385. The van der Waals surface area contributed by atoms with E-state index in [0.717, 1.165) is 24.9 Å². The summed E-state index contributed by atoms with van der Waals surface area (Å²) in [7, 11) is 1.45. The molecule has 0 saturated carbocycles. The molecule has 0 heterocycles. The molecule has 0 aliphatic heterocycles. The second-order valence-corrected chi connectivity index (χ2v) is 4.92. The minimum Gasteiger partial charge on any atom is -0.490 e. The number of methoxy groups -OCH3 is 1. The molecule has 0 aliphatic rings. The van der Waals surface area contributed by atoms with Crippen LogP contribution in [0.5, 0.6) is 5.75 Å². The van der Waals surface area contributed by atoms with Crippen LogP contribution < -0.4 is 10.1 Å². The van der Waals surface area contributed by atoms with Crippen molar-refractivity contribution in [1.82, 2.24) is 0 Å². The van der Waals surface area contributed by atoms with E-state index in [-0.39, 0.29) is 5.69 Å². The number of hydrogen-bond acceptors (Lipinski definition) is 4. The molecule has 0 spiro atoms. The Hall–Kier alpha value is -1.78. The number of anilines is 1. The van der Waals surface area contributed by atoms with Gasteiger partial charge in [0.05, 0.1) is 12.0 Å². The van der Waals surface area contributed by atoms with Gasteiger partial charge in [0.15, 0.2) is 5.75 Å². The zero-order valence-corrected chi connectivity index (χ0v) is 12.5. The molecule has 1 aromatic rings. The highest BCUT2D eigenvalue weighted by Crippen LogP contribution is 2.30. The van der Waals surface area contributed by atoms with E-state index in [4.69, 9.17) is 4.74 Å². The number of rotatable bonds is 9. The van der Waals surface area contributed by atoms with Gasteiger partial charge in [0, 0.05) is 23.9 Å². The molecule has 0 aliphatic carbocycles. The van der Waals surface area contributed by atoms with Gasteiger partial charge in [-0.1, -0.05) is 33.1 Å². The lowest BCUT2D eigenvalue weighted by atomic mass is 10.0. The number of ether oxygens (including phenoxy) is 1. The summed E-state index contributed by atoms with van der Waals surface area (Å²) < 4.78 is 5.09. The van der Waals surface area contributed by atoms with E-state index in [1.165, 1.54) is 26.0 Å². The number of hydrogen-bond donors (Lipinski definition) is 1. The Kier molecular flexibility index (Phi) is 6.84. The maximum absolute atomic E-state index is 10.9. The molecule has 1 unspecified atom stereocenters. The average Bonchev–Trinajstić information content (AvgIpc) is 2.44. The van der Waals surface area contributed by atoms with Crippen LogP contribution in [-0.2, 0) is 0 Å². The molecule has 1 rings (SSSR count). The molecular formula is C15H24N2O3. The smallest absolute Gasteiger partial charge is 0.311 e. The number of benzene rings is 1. The van der Waals surface area contributed by atoms with Gasteiger partial charge in [0.2, 0.25) is 0 Å². The highest BCUT2D eigenvalue weighted by atomic mass is 16.6. The summed E-state index contributed by atoms with van der Waals surface area (Å²) in [4.78, 5) is 10.4. The van der Waals surface area contributed by atoms with Gasteiger partial charge in [0.1, 0.15) is 0 Å². The third-order valence-electron chi connectivity index (χ3n) is 3.29. The molecule has 0 saturated heterocycles. The van der Waals surface area contributed by atoms with E-state index in [0.29, 0.717) is 11.8 Å². The van der Waals surface area contributed by atoms with Crippen LogP contribution in [0.3, 0.4) is 0 Å². The molecule has 0 bridgehead atoms. The predicted molar refractivity (Wildman–Crippen MR) is 81.5 cm³/mol. The number of unbranched alkanes of at least 4 members (excludes halogenated alkanes) is 1. The largest absolute Gasteiger partial charge is 0.490 e. The number of nitro benzene ring substituents is 1. The van der Waals surface area contributed by atoms with E-state index in [1.54, 1.807) is 12.1 Å². The van der Waals surface area contributed by atoms with Gasteiger partial charge in [-0.3, -0.25) is 10.1 Å². The Balaban J connectivity index is 2.81. The molecule has 112 valence electrons. The number of nitrogens with zero attached hydrogens (tertiary/aromatic N) is 1. The summed E-state index contributed by atoms with van der Waals surface area (Å²) in [5.74, 6) is 0.297. The maximum atomic E-state index is 10.9. The van der Waals surface area contributed by atoms with Crippen LogP contribution >= 0.6 is 0 Å². The second-order valence-electron chi connectivity index (χ2n) is 4.92. The van der Waals surface area contributed by atoms with Gasteiger partial charge < -0.3 is 10.1 Å². The highest BCUT2D eigenvalue weighted by Gasteiger charge is 2.16. The van der Waals surface area contributed by atoms with Crippen LogP contribution in [0.2, 0.25) is 0 Å². The fourth-order valence-corrected chi connectivity index (χ4v) is 2.24. The van der Waals surface area contributed by atoms with Crippen molar-refractivity contribution >= 4 is 11.4 Å². The quantitative estimate of drug-likeness (QED) is 0.538. The summed E-state index contributed by atoms with van der Waals surface area (Å²) in [6.07, 6.45) is 5.68. The first-order chi connectivity index (χ1) is 9.62. The van der Waals surface area contributed by atoms with Gasteiger partial charge in [-0.25, -0.2) is 0 Å². The molecule has 5 nitrogen and oxygen atoms in total. The fraction of sp³-hybridized carbons (Fsp3) is 0.600. The van der Waals surface area contributed by atoms with Gasteiger partial charge in [-0.05, 0) is 18.9 Å². The van der Waals surface area contributed by atoms with Crippen LogP contribution in [0.4, 0.5) is 11.4 Å². The summed E-state index contributed by atoms with van der Waals surface area (Å²) in [6, 6.07) is 5.34. The first-order valence-corrected chi connectivity index (χ1v) is 7.21. The Morgan fingerprint density at radius 1 is 1.30 bits per heavy atom. The maximum Gasteiger partial charge on any atom is 0.311 e. The molecule has 0 aromatic heterocycles. The van der Waals surface area contributed by atoms with Gasteiger partial charge >= 0.3 is 5.69 Å². The lowest BCUT2D eigenvalue weighted by Gasteiger charge is -2.19. The van der Waals surface area contributed by atoms with Gasteiger partial charge in [-0.15, -0.1) is 0 Å². The van der Waals surface area contributed by atoms with E-state index < -0.39 is 4.92 Å². The van der Waals surface area contributed by atoms with Crippen molar-refractivity contribution in [3.63, 3.8) is 0 Å². The summed E-state index contributed by atoms with van der Waals surface area (Å²) >= 11 is 0. The number of nitrogens with one attached hydrogen (secondary N) is 1. The third-order valence-corrected chi connectivity index (χ3v) is 3.29. The Bertz CT molecular complexity index is 435. The van der Waals surface area contributed by atoms with Crippen LogP contribution in [0.1, 0.15) is 46.0 Å². The normalized spacial score (nSPS) is 11.9. The van der Waals surface area contributed by atoms with Crippen molar-refractivity contribution in [3.8, 4) is 5.75 Å². The van der Waals surface area contributed by atoms with Crippen LogP contribution in [-0.4, -0.2) is 18.1 Å². The van der Waals surface area contributed by atoms with Crippen molar-refractivity contribution < 1.29 is 9.66 Å². The Labute approximate surface area is 120 Å². The average molecular weight is 280 g/mol. The second kappa shape index (κ2) is 8.40. The predicted octanol–water partition coefficient (Wildman–Crippen LogP) is 4.37. The van der Waals surface area contributed by atoms with Crippen LogP contribution in [0, 0.1) is 10.1 Å². The SMILES string of the molecule is CCCCC(CCC)Nc1ccc([N+](=O)[O-])c(OC)c1. The minimum absolute atomic E-state index is 0.00125. The molecule has 0 radical (unpaired) electrons. The lowest BCUT2D eigenvalue weighted by Crippen LogP contribution is -2.19. The van der Waals surface area contributed by atoms with Crippen LogP contribution in [0.15, 0.2) is 18.2 Å². The Morgan fingerprint density at radius 3 is 2.60 bits per heavy atom. The number of nitro groups is 1. The standard InChI is InChI=1S/C15H24N2O3/c1-4-6-8-12(7-5-2)16-13-9-10-14(17(18)19)15(11-13)20-3/h9-12,16H,4-8H2,1-3H3. The van der Waals surface area contributed by atoms with Crippen molar-refractivity contribution in [2.45, 2.75) is 52.0 Å². The van der Waals surface area contributed by atoms with Crippen molar-refractivity contribution in [2.75, 3.05) is 12.4 Å². The Morgan fingerprint density at radius 2 is 2.05 bits per heavy atom. The van der Waals surface area contributed by atoms with Gasteiger partial charge in [0.25, 0.3) is 0 Å². The van der Waals surface area contributed by atoms with E-state index in [1.807, 2.05) is 0 Å². The van der Waals surface area contributed by atoms with Crippen molar-refractivity contribution in [3.05, 3.63) is 28.3 Å². The zero-order valence-electron chi connectivity index (χ0n) is 12.5. The molecule has 1 atom stereocenters. The fourth-order valence-electron chi connectivity index (χ4n) is 2.24. The van der Waals surface area contributed by atoms with E-state index in [9.17, 15) is 10.1 Å². The third kappa shape index (κ3) is 4.72. The first-order valence-electron chi connectivity index (χ1n) is 7.21. The molecule has 5 heteroatoms. The van der Waals surface area contributed by atoms with Crippen molar-refractivity contribution in [2.24, 2.45) is 0 Å². The monoisotopic (exact) mass is 280 g/mol. The molecule has 0 amide bonds. The molecule has 1 aromatic carbocycles. The van der Waals surface area contributed by atoms with E-state index >= 15 is 0 Å². The summed E-state index contributed by atoms with van der Waals surface area (Å²) in [6.45, 7) is 4.34. The van der Waals surface area contributed by atoms with Crippen LogP contribution in [0.25, 0.3) is 0 Å².